The molecule has 21 heavy (non-hydrogen) atoms. The van der Waals surface area contributed by atoms with Gasteiger partial charge in [-0.1, -0.05) is 17.7 Å². The van der Waals surface area contributed by atoms with E-state index in [1.54, 1.807) is 0 Å². The van der Waals surface area contributed by atoms with Crippen molar-refractivity contribution in [2.45, 2.75) is 20.3 Å². The lowest BCUT2D eigenvalue weighted by Crippen LogP contribution is -2.41. The molecule has 0 fully saturated rings. The normalized spacial score (nSPS) is 17.0. The summed E-state index contributed by atoms with van der Waals surface area (Å²) in [5, 5.41) is 4.53. The second-order valence-corrected chi connectivity index (χ2v) is 5.50. The Kier molecular flexibility index (Phi) is 2.67. The van der Waals surface area contributed by atoms with Crippen molar-refractivity contribution in [2.75, 3.05) is 13.1 Å². The van der Waals surface area contributed by atoms with Crippen molar-refractivity contribution >= 4 is 17.5 Å². The molecule has 2 aliphatic rings. The Bertz CT molecular complexity index is 751. The van der Waals surface area contributed by atoms with Gasteiger partial charge in [-0.2, -0.15) is 5.10 Å². The minimum absolute atomic E-state index is 0.883. The number of fused-ring (bicyclic) bond motifs is 3. The quantitative estimate of drug-likeness (QED) is 0.805. The molecule has 0 amide bonds. The van der Waals surface area contributed by atoms with E-state index in [0.29, 0.717) is 0 Å². The van der Waals surface area contributed by atoms with Gasteiger partial charge in [0.1, 0.15) is 11.7 Å². The van der Waals surface area contributed by atoms with Gasteiger partial charge in [-0.05, 0) is 32.4 Å². The van der Waals surface area contributed by atoms with Crippen molar-refractivity contribution in [2.24, 2.45) is 9.98 Å². The molecule has 5 nitrogen and oxygen atoms in total. The van der Waals surface area contributed by atoms with Gasteiger partial charge in [-0.25, -0.2) is 9.67 Å². The van der Waals surface area contributed by atoms with Crippen LogP contribution in [0.25, 0.3) is 5.69 Å². The highest BCUT2D eigenvalue weighted by Gasteiger charge is 2.29. The van der Waals surface area contributed by atoms with Crippen LogP contribution >= 0.6 is 0 Å². The summed E-state index contributed by atoms with van der Waals surface area (Å²) < 4.78 is 1.90. The Hall–Kier alpha value is -2.43. The fourth-order valence-electron chi connectivity index (χ4n) is 2.85. The smallest absolute Gasteiger partial charge is 0.168 e. The van der Waals surface area contributed by atoms with Crippen molar-refractivity contribution in [1.29, 1.82) is 0 Å². The molecule has 4 rings (SSSR count). The molecule has 0 spiro atoms. The fourth-order valence-corrected chi connectivity index (χ4v) is 2.85. The molecule has 0 bridgehead atoms. The summed E-state index contributed by atoms with van der Waals surface area (Å²) >= 11 is 0. The number of hydrogen-bond donors (Lipinski definition) is 0. The molecular weight excluding hydrogens is 262 g/mol. The molecule has 0 unspecified atom stereocenters. The summed E-state index contributed by atoms with van der Waals surface area (Å²) in [6, 6.07) is 8.32. The maximum absolute atomic E-state index is 4.75. The number of amidine groups is 2. The van der Waals surface area contributed by atoms with Gasteiger partial charge in [0.2, 0.25) is 0 Å². The molecule has 106 valence electrons. The van der Waals surface area contributed by atoms with E-state index in [2.05, 4.69) is 46.2 Å². The van der Waals surface area contributed by atoms with Gasteiger partial charge in [-0.15, -0.1) is 0 Å². The fraction of sp³-hybridized carbons (Fsp3) is 0.312. The number of hydrogen-bond acceptors (Lipinski definition) is 4. The van der Waals surface area contributed by atoms with Crippen molar-refractivity contribution in [3.63, 3.8) is 0 Å². The molecule has 5 heteroatoms. The molecule has 0 aliphatic carbocycles. The number of aromatic nitrogens is 2. The third kappa shape index (κ3) is 1.88. The van der Waals surface area contributed by atoms with Crippen molar-refractivity contribution in [3.05, 3.63) is 41.6 Å². The first-order valence-corrected chi connectivity index (χ1v) is 7.27. The predicted octanol–water partition coefficient (Wildman–Crippen LogP) is 2.70. The Balaban J connectivity index is 1.87. The van der Waals surface area contributed by atoms with E-state index in [4.69, 9.17) is 4.99 Å². The molecule has 0 saturated heterocycles. The average molecular weight is 279 g/mol. The molecule has 0 N–H and O–H groups in total. The SMILES string of the molecule is CC1=Nc2c(cnn2-c2ccc(C)cc2)C2=NCCCN12. The van der Waals surface area contributed by atoms with Gasteiger partial charge in [-0.3, -0.25) is 4.99 Å². The van der Waals surface area contributed by atoms with Crippen LogP contribution in [0.2, 0.25) is 0 Å². The van der Waals surface area contributed by atoms with Gasteiger partial charge in [0.25, 0.3) is 0 Å². The summed E-state index contributed by atoms with van der Waals surface area (Å²) in [4.78, 5) is 11.6. The second kappa shape index (κ2) is 4.55. The molecule has 2 aromatic rings. The van der Waals surface area contributed by atoms with E-state index in [-0.39, 0.29) is 0 Å². The highest BCUT2D eigenvalue weighted by molar-refractivity contribution is 6.14. The lowest BCUT2D eigenvalue weighted by Gasteiger charge is -2.31. The van der Waals surface area contributed by atoms with E-state index < -0.39 is 0 Å². The van der Waals surface area contributed by atoms with E-state index in [1.165, 1.54) is 5.56 Å². The van der Waals surface area contributed by atoms with Gasteiger partial charge in [0.15, 0.2) is 5.82 Å². The zero-order valence-electron chi connectivity index (χ0n) is 12.2. The first-order chi connectivity index (χ1) is 10.2. The van der Waals surface area contributed by atoms with E-state index >= 15 is 0 Å². The molecule has 1 aromatic heterocycles. The van der Waals surface area contributed by atoms with Crippen molar-refractivity contribution < 1.29 is 0 Å². The zero-order valence-corrected chi connectivity index (χ0v) is 12.2. The second-order valence-electron chi connectivity index (χ2n) is 5.50. The topological polar surface area (TPSA) is 45.8 Å². The molecular formula is C16H17N5. The van der Waals surface area contributed by atoms with Gasteiger partial charge < -0.3 is 4.90 Å². The molecule has 0 saturated carbocycles. The molecule has 0 atom stereocenters. The average Bonchev–Trinajstić information content (AvgIpc) is 2.92. The highest BCUT2D eigenvalue weighted by atomic mass is 15.4. The standard InChI is InChI=1S/C16H17N5/c1-11-4-6-13(7-5-11)21-16-14(10-18-21)15-17-8-3-9-20(15)12(2)19-16/h4-7,10H,3,8-9H2,1-2H3. The minimum Gasteiger partial charge on any atom is -0.314 e. The lowest BCUT2D eigenvalue weighted by atomic mass is 10.1. The van der Waals surface area contributed by atoms with Crippen LogP contribution in [0.4, 0.5) is 5.82 Å². The van der Waals surface area contributed by atoms with Crippen LogP contribution < -0.4 is 0 Å². The number of aliphatic imine (C=N–C) groups is 2. The van der Waals surface area contributed by atoms with Crippen LogP contribution in [0.15, 0.2) is 40.4 Å². The minimum atomic E-state index is 0.883. The number of benzene rings is 1. The van der Waals surface area contributed by atoms with Crippen LogP contribution in [0.5, 0.6) is 0 Å². The third-order valence-corrected chi connectivity index (χ3v) is 3.98. The molecule has 3 heterocycles. The summed E-state index contributed by atoms with van der Waals surface area (Å²) in [5.41, 5.74) is 3.30. The summed E-state index contributed by atoms with van der Waals surface area (Å²) in [5.74, 6) is 2.89. The number of aryl methyl sites for hydroxylation is 1. The van der Waals surface area contributed by atoms with Crippen LogP contribution in [0.1, 0.15) is 24.5 Å². The third-order valence-electron chi connectivity index (χ3n) is 3.98. The summed E-state index contributed by atoms with van der Waals surface area (Å²) in [6.45, 7) is 5.99. The maximum atomic E-state index is 4.75. The van der Waals surface area contributed by atoms with Crippen molar-refractivity contribution in [1.82, 2.24) is 14.7 Å². The highest BCUT2D eigenvalue weighted by Crippen LogP contribution is 2.30. The maximum Gasteiger partial charge on any atom is 0.168 e. The first kappa shape index (κ1) is 12.3. The van der Waals surface area contributed by atoms with Crippen LogP contribution in [-0.2, 0) is 0 Å². The Labute approximate surface area is 123 Å². The van der Waals surface area contributed by atoms with Gasteiger partial charge >= 0.3 is 0 Å². The Morgan fingerprint density at radius 3 is 2.71 bits per heavy atom. The molecule has 0 radical (unpaired) electrons. The Morgan fingerprint density at radius 1 is 1.10 bits per heavy atom. The van der Waals surface area contributed by atoms with E-state index in [1.807, 2.05) is 17.8 Å². The van der Waals surface area contributed by atoms with E-state index in [0.717, 1.165) is 48.3 Å². The monoisotopic (exact) mass is 279 g/mol. The lowest BCUT2D eigenvalue weighted by molar-refractivity contribution is 0.543. The largest absolute Gasteiger partial charge is 0.314 e. The van der Waals surface area contributed by atoms with Gasteiger partial charge in [0, 0.05) is 13.1 Å². The number of nitrogens with zero attached hydrogens (tertiary/aromatic N) is 5. The van der Waals surface area contributed by atoms with E-state index in [9.17, 15) is 0 Å². The number of rotatable bonds is 1. The van der Waals surface area contributed by atoms with Crippen molar-refractivity contribution in [3.8, 4) is 5.69 Å². The summed E-state index contributed by atoms with van der Waals surface area (Å²) in [6.07, 6.45) is 2.96. The Morgan fingerprint density at radius 2 is 1.90 bits per heavy atom. The van der Waals surface area contributed by atoms with Crippen LogP contribution in [0, 0.1) is 6.92 Å². The molecule has 2 aliphatic heterocycles. The molecule has 1 aromatic carbocycles. The summed E-state index contributed by atoms with van der Waals surface area (Å²) in [7, 11) is 0. The van der Waals surface area contributed by atoms with Gasteiger partial charge in [0.05, 0.1) is 17.4 Å². The zero-order chi connectivity index (χ0) is 14.4. The van der Waals surface area contributed by atoms with Crippen LogP contribution in [-0.4, -0.2) is 39.4 Å². The predicted molar refractivity (Wildman–Crippen MR) is 83.8 cm³/mol. The van der Waals surface area contributed by atoms with Crippen LogP contribution in [0.3, 0.4) is 0 Å². The first-order valence-electron chi connectivity index (χ1n) is 7.27.